The van der Waals surface area contributed by atoms with Gasteiger partial charge in [0.25, 0.3) is 0 Å². The monoisotopic (exact) mass is 221 g/mol. The lowest BCUT2D eigenvalue weighted by Gasteiger charge is -2.28. The number of piperazine rings is 1. The minimum absolute atomic E-state index is 0. The van der Waals surface area contributed by atoms with Crippen LogP contribution >= 0.6 is 0 Å². The van der Waals surface area contributed by atoms with Crippen LogP contribution in [0.2, 0.25) is 0 Å². The standard InChI is InChI=1S/C13H21N3.H2/c1-3-11(2)12-5-4-6-13(15-12)16-9-7-14-8-10-16;/h4-6,11,14H,3,7-10H2,1-2H3;1H. The highest BCUT2D eigenvalue weighted by Gasteiger charge is 2.12. The molecule has 1 aliphatic rings. The summed E-state index contributed by atoms with van der Waals surface area (Å²) in [6.45, 7) is 8.71. The fourth-order valence-electron chi connectivity index (χ4n) is 1.99. The van der Waals surface area contributed by atoms with Gasteiger partial charge in [-0.05, 0) is 24.5 Å². The molecule has 0 aliphatic carbocycles. The van der Waals surface area contributed by atoms with E-state index < -0.39 is 0 Å². The second-order valence-electron chi connectivity index (χ2n) is 4.47. The van der Waals surface area contributed by atoms with Crippen molar-refractivity contribution in [2.75, 3.05) is 31.1 Å². The van der Waals surface area contributed by atoms with Crippen LogP contribution < -0.4 is 10.2 Å². The Labute approximate surface area is 99.4 Å². The van der Waals surface area contributed by atoms with Gasteiger partial charge in [0, 0.05) is 33.3 Å². The van der Waals surface area contributed by atoms with E-state index in [1.54, 1.807) is 0 Å². The predicted octanol–water partition coefficient (Wildman–Crippen LogP) is 2.25. The fraction of sp³-hybridized carbons (Fsp3) is 0.615. The maximum atomic E-state index is 4.77. The molecule has 2 rings (SSSR count). The maximum Gasteiger partial charge on any atom is 0.128 e. The van der Waals surface area contributed by atoms with Gasteiger partial charge in [0.15, 0.2) is 0 Å². The van der Waals surface area contributed by atoms with Crippen molar-refractivity contribution in [2.24, 2.45) is 0 Å². The molecule has 1 fully saturated rings. The summed E-state index contributed by atoms with van der Waals surface area (Å²) >= 11 is 0. The van der Waals surface area contributed by atoms with E-state index in [9.17, 15) is 0 Å². The van der Waals surface area contributed by atoms with Gasteiger partial charge in [-0.1, -0.05) is 19.9 Å². The van der Waals surface area contributed by atoms with Crippen LogP contribution in [0.5, 0.6) is 0 Å². The molecular formula is C13H23N3. The van der Waals surface area contributed by atoms with Gasteiger partial charge in [0.1, 0.15) is 5.82 Å². The van der Waals surface area contributed by atoms with Gasteiger partial charge in [-0.2, -0.15) is 0 Å². The van der Waals surface area contributed by atoms with Crippen LogP contribution in [0.25, 0.3) is 0 Å². The smallest absolute Gasteiger partial charge is 0.128 e. The van der Waals surface area contributed by atoms with Crippen LogP contribution in [0, 0.1) is 0 Å². The zero-order valence-corrected chi connectivity index (χ0v) is 10.2. The van der Waals surface area contributed by atoms with Gasteiger partial charge in [0.2, 0.25) is 0 Å². The third-order valence-electron chi connectivity index (χ3n) is 3.31. The number of nitrogens with one attached hydrogen (secondary N) is 1. The number of aromatic nitrogens is 1. The Kier molecular flexibility index (Phi) is 3.78. The Balaban J connectivity index is 0.00000144. The summed E-state index contributed by atoms with van der Waals surface area (Å²) in [5.74, 6) is 1.70. The van der Waals surface area contributed by atoms with Gasteiger partial charge < -0.3 is 10.2 Å². The fourth-order valence-corrected chi connectivity index (χ4v) is 1.99. The molecule has 0 aromatic carbocycles. The van der Waals surface area contributed by atoms with Crippen molar-refractivity contribution in [2.45, 2.75) is 26.2 Å². The van der Waals surface area contributed by atoms with E-state index >= 15 is 0 Å². The van der Waals surface area contributed by atoms with Crippen molar-refractivity contribution in [1.82, 2.24) is 10.3 Å². The number of pyridine rings is 1. The first-order valence-electron chi connectivity index (χ1n) is 6.24. The Morgan fingerprint density at radius 1 is 1.44 bits per heavy atom. The Hall–Kier alpha value is -1.09. The molecule has 1 unspecified atom stereocenters. The van der Waals surface area contributed by atoms with E-state index in [4.69, 9.17) is 4.98 Å². The SMILES string of the molecule is CCC(C)c1cccc(N2CCNCC2)n1.[HH]. The van der Waals surface area contributed by atoms with Gasteiger partial charge in [-0.3, -0.25) is 0 Å². The second kappa shape index (κ2) is 5.30. The molecule has 2 heterocycles. The zero-order valence-electron chi connectivity index (χ0n) is 10.2. The first kappa shape index (κ1) is 11.4. The molecule has 1 aromatic rings. The van der Waals surface area contributed by atoms with Crippen LogP contribution in [-0.2, 0) is 0 Å². The highest BCUT2D eigenvalue weighted by atomic mass is 15.2. The number of rotatable bonds is 3. The molecule has 1 N–H and O–H groups in total. The quantitative estimate of drug-likeness (QED) is 0.848. The molecule has 0 saturated carbocycles. The topological polar surface area (TPSA) is 28.2 Å². The van der Waals surface area contributed by atoms with Crippen LogP contribution in [0.15, 0.2) is 18.2 Å². The lowest BCUT2D eigenvalue weighted by Crippen LogP contribution is -2.43. The molecule has 0 spiro atoms. The molecule has 3 heteroatoms. The Morgan fingerprint density at radius 2 is 2.19 bits per heavy atom. The largest absolute Gasteiger partial charge is 0.354 e. The molecule has 0 bridgehead atoms. The van der Waals surface area contributed by atoms with Gasteiger partial charge >= 0.3 is 0 Å². The minimum Gasteiger partial charge on any atom is -0.354 e. The molecule has 1 aliphatic heterocycles. The first-order valence-corrected chi connectivity index (χ1v) is 6.24. The summed E-state index contributed by atoms with van der Waals surface area (Å²) in [6.07, 6.45) is 1.15. The second-order valence-corrected chi connectivity index (χ2v) is 4.47. The zero-order chi connectivity index (χ0) is 11.4. The van der Waals surface area contributed by atoms with E-state index in [0.717, 1.165) is 38.4 Å². The summed E-state index contributed by atoms with van der Waals surface area (Å²) in [7, 11) is 0. The average Bonchev–Trinajstić information content (AvgIpc) is 2.39. The molecule has 1 atom stereocenters. The van der Waals surface area contributed by atoms with Crippen LogP contribution in [0.4, 0.5) is 5.82 Å². The maximum absolute atomic E-state index is 4.77. The molecule has 90 valence electrons. The first-order chi connectivity index (χ1) is 7.81. The Morgan fingerprint density at radius 3 is 2.88 bits per heavy atom. The van der Waals surface area contributed by atoms with Crippen molar-refractivity contribution < 1.29 is 1.43 Å². The van der Waals surface area contributed by atoms with E-state index in [2.05, 4.69) is 42.3 Å². The van der Waals surface area contributed by atoms with Gasteiger partial charge in [-0.25, -0.2) is 4.98 Å². The highest BCUT2D eigenvalue weighted by Crippen LogP contribution is 2.19. The number of hydrogen-bond donors (Lipinski definition) is 1. The van der Waals surface area contributed by atoms with E-state index in [1.165, 1.54) is 5.69 Å². The van der Waals surface area contributed by atoms with Crippen LogP contribution in [-0.4, -0.2) is 31.2 Å². The molecule has 0 amide bonds. The van der Waals surface area contributed by atoms with Crippen molar-refractivity contribution in [3.05, 3.63) is 23.9 Å². The molecule has 16 heavy (non-hydrogen) atoms. The number of anilines is 1. The molecular weight excluding hydrogens is 198 g/mol. The normalized spacial score (nSPS) is 18.5. The molecule has 3 nitrogen and oxygen atoms in total. The summed E-state index contributed by atoms with van der Waals surface area (Å²) in [5.41, 5.74) is 1.22. The lowest BCUT2D eigenvalue weighted by molar-refractivity contribution is 0.582. The third-order valence-corrected chi connectivity index (χ3v) is 3.31. The summed E-state index contributed by atoms with van der Waals surface area (Å²) in [4.78, 5) is 7.13. The average molecular weight is 221 g/mol. The van der Waals surface area contributed by atoms with E-state index in [-0.39, 0.29) is 1.43 Å². The van der Waals surface area contributed by atoms with Crippen molar-refractivity contribution in [3.63, 3.8) is 0 Å². The highest BCUT2D eigenvalue weighted by molar-refractivity contribution is 5.40. The van der Waals surface area contributed by atoms with E-state index in [1.807, 2.05) is 0 Å². The molecule has 1 aromatic heterocycles. The number of hydrogen-bond acceptors (Lipinski definition) is 3. The molecule has 1 saturated heterocycles. The summed E-state index contributed by atoms with van der Waals surface area (Å²) in [5, 5.41) is 3.36. The summed E-state index contributed by atoms with van der Waals surface area (Å²) < 4.78 is 0. The summed E-state index contributed by atoms with van der Waals surface area (Å²) in [6, 6.07) is 6.39. The van der Waals surface area contributed by atoms with Crippen molar-refractivity contribution >= 4 is 5.82 Å². The van der Waals surface area contributed by atoms with Gasteiger partial charge in [0.05, 0.1) is 0 Å². The van der Waals surface area contributed by atoms with Crippen molar-refractivity contribution in [3.8, 4) is 0 Å². The Bertz CT molecular complexity index is 337. The van der Waals surface area contributed by atoms with Crippen molar-refractivity contribution in [1.29, 1.82) is 0 Å². The third kappa shape index (κ3) is 2.53. The molecule has 0 radical (unpaired) electrons. The predicted molar refractivity (Wildman–Crippen MR) is 70.1 cm³/mol. The number of nitrogens with zero attached hydrogens (tertiary/aromatic N) is 2. The lowest BCUT2D eigenvalue weighted by atomic mass is 10.0. The van der Waals surface area contributed by atoms with Gasteiger partial charge in [-0.15, -0.1) is 0 Å². The van der Waals surface area contributed by atoms with E-state index in [0.29, 0.717) is 5.92 Å². The van der Waals surface area contributed by atoms with Crippen LogP contribution in [0.3, 0.4) is 0 Å². The van der Waals surface area contributed by atoms with Crippen LogP contribution in [0.1, 0.15) is 33.3 Å². The minimum atomic E-state index is 0.